The van der Waals surface area contributed by atoms with E-state index in [1.54, 1.807) is 0 Å². The van der Waals surface area contributed by atoms with Crippen LogP contribution in [0.4, 0.5) is 0 Å². The molecule has 2 heteroatoms. The molecule has 11 rings (SSSR count). The van der Waals surface area contributed by atoms with Crippen molar-refractivity contribution < 1.29 is 0 Å². The highest BCUT2D eigenvalue weighted by atomic mass is 14.9. The smallest absolute Gasteiger partial charge is 0.160 e. The standard InChI is InChI=1S/C56H42N2/c1-55(2)46-24-11-10-21-44(46)52-43(23-14-25-47(52)55)40-19-12-20-41(31-40)51-34-50(57-54(58-51)37-15-6-5-7-16-37)36-29-27-35(28-30-36)42-22-13-26-48-53(42)45-32-38-17-8-9-18-39(38)33-49(45)56(48,3)4/h5-34H,1-4H3. The van der Waals surface area contributed by atoms with E-state index in [1.165, 1.54) is 77.5 Å². The Bertz CT molecular complexity index is 3100. The highest BCUT2D eigenvalue weighted by Gasteiger charge is 2.38. The fourth-order valence-electron chi connectivity index (χ4n) is 9.83. The molecule has 0 unspecified atom stereocenters. The molecule has 0 atom stereocenters. The third-order valence-electron chi connectivity index (χ3n) is 12.9. The molecule has 0 radical (unpaired) electrons. The number of hydrogen-bond donors (Lipinski definition) is 0. The predicted octanol–water partition coefficient (Wildman–Crippen LogP) is 14.6. The second-order valence-corrected chi connectivity index (χ2v) is 17.0. The number of benzene rings is 8. The first kappa shape index (κ1) is 34.4. The average Bonchev–Trinajstić information content (AvgIpc) is 3.65. The molecule has 1 aromatic heterocycles. The molecule has 8 aromatic carbocycles. The monoisotopic (exact) mass is 742 g/mol. The van der Waals surface area contributed by atoms with Crippen LogP contribution in [0.1, 0.15) is 49.9 Å². The van der Waals surface area contributed by atoms with Gasteiger partial charge < -0.3 is 0 Å². The Morgan fingerprint density at radius 3 is 1.55 bits per heavy atom. The molecule has 276 valence electrons. The molecule has 9 aromatic rings. The van der Waals surface area contributed by atoms with Crippen LogP contribution in [0.2, 0.25) is 0 Å². The van der Waals surface area contributed by atoms with E-state index in [4.69, 9.17) is 9.97 Å². The van der Waals surface area contributed by atoms with Crippen LogP contribution >= 0.6 is 0 Å². The molecule has 2 nitrogen and oxygen atoms in total. The SMILES string of the molecule is CC1(C)c2ccccc2-c2c(-c3cccc(-c4cc(-c5ccc(-c6cccc7c6-c6cc8ccccc8cc6C7(C)C)cc5)nc(-c5ccccc5)n4)c3)cccc21. The average molecular weight is 743 g/mol. The molecule has 2 aliphatic rings. The van der Waals surface area contributed by atoms with Gasteiger partial charge in [-0.1, -0.05) is 185 Å². The summed E-state index contributed by atoms with van der Waals surface area (Å²) in [5.74, 6) is 0.714. The summed E-state index contributed by atoms with van der Waals surface area (Å²) in [6, 6.07) is 66.3. The molecule has 0 bridgehead atoms. The summed E-state index contributed by atoms with van der Waals surface area (Å²) in [5, 5.41) is 2.56. The van der Waals surface area contributed by atoms with Crippen LogP contribution in [0, 0.1) is 0 Å². The van der Waals surface area contributed by atoms with Gasteiger partial charge in [0.15, 0.2) is 5.82 Å². The van der Waals surface area contributed by atoms with Crippen LogP contribution < -0.4 is 0 Å². The first-order valence-electron chi connectivity index (χ1n) is 20.3. The van der Waals surface area contributed by atoms with Gasteiger partial charge in [-0.25, -0.2) is 9.97 Å². The molecule has 2 aliphatic carbocycles. The molecule has 0 fully saturated rings. The Labute approximate surface area is 340 Å². The zero-order valence-electron chi connectivity index (χ0n) is 33.2. The topological polar surface area (TPSA) is 25.8 Å². The van der Waals surface area contributed by atoms with Crippen molar-refractivity contribution in [1.29, 1.82) is 0 Å². The minimum atomic E-state index is -0.0885. The maximum atomic E-state index is 5.22. The van der Waals surface area contributed by atoms with Crippen molar-refractivity contribution in [1.82, 2.24) is 9.97 Å². The van der Waals surface area contributed by atoms with Gasteiger partial charge in [0, 0.05) is 27.5 Å². The molecule has 58 heavy (non-hydrogen) atoms. The van der Waals surface area contributed by atoms with Crippen molar-refractivity contribution in [3.05, 3.63) is 204 Å². The van der Waals surface area contributed by atoms with Crippen LogP contribution in [-0.4, -0.2) is 9.97 Å². The summed E-state index contributed by atoms with van der Waals surface area (Å²) < 4.78 is 0. The van der Waals surface area contributed by atoms with Crippen LogP contribution in [0.5, 0.6) is 0 Å². The molecule has 0 saturated carbocycles. The zero-order valence-corrected chi connectivity index (χ0v) is 33.2. The normalized spacial score (nSPS) is 14.1. The minimum Gasteiger partial charge on any atom is -0.228 e. The lowest BCUT2D eigenvalue weighted by atomic mass is 9.81. The Morgan fingerprint density at radius 1 is 0.310 bits per heavy atom. The lowest BCUT2D eigenvalue weighted by Gasteiger charge is -2.22. The predicted molar refractivity (Wildman–Crippen MR) is 242 cm³/mol. The summed E-state index contributed by atoms with van der Waals surface area (Å²) in [7, 11) is 0. The van der Waals surface area contributed by atoms with Gasteiger partial charge in [0.05, 0.1) is 11.4 Å². The van der Waals surface area contributed by atoms with Crippen molar-refractivity contribution in [3.63, 3.8) is 0 Å². The van der Waals surface area contributed by atoms with E-state index >= 15 is 0 Å². The van der Waals surface area contributed by atoms with Gasteiger partial charge in [-0.2, -0.15) is 0 Å². The highest BCUT2D eigenvalue weighted by molar-refractivity contribution is 5.99. The van der Waals surface area contributed by atoms with Crippen molar-refractivity contribution in [2.45, 2.75) is 38.5 Å². The number of rotatable bonds is 5. The highest BCUT2D eigenvalue weighted by Crippen LogP contribution is 2.54. The van der Waals surface area contributed by atoms with Crippen molar-refractivity contribution in [3.8, 4) is 78.4 Å². The van der Waals surface area contributed by atoms with Crippen LogP contribution in [0.25, 0.3) is 89.2 Å². The van der Waals surface area contributed by atoms with Gasteiger partial charge in [0.25, 0.3) is 0 Å². The van der Waals surface area contributed by atoms with Crippen molar-refractivity contribution >= 4 is 10.8 Å². The van der Waals surface area contributed by atoms with E-state index in [1.807, 2.05) is 6.07 Å². The number of hydrogen-bond acceptors (Lipinski definition) is 2. The minimum absolute atomic E-state index is 0.0578. The molecule has 0 amide bonds. The van der Waals surface area contributed by atoms with Crippen molar-refractivity contribution in [2.75, 3.05) is 0 Å². The van der Waals surface area contributed by atoms with Gasteiger partial charge in [-0.05, 0) is 102 Å². The largest absolute Gasteiger partial charge is 0.228 e. The van der Waals surface area contributed by atoms with Gasteiger partial charge in [-0.15, -0.1) is 0 Å². The maximum absolute atomic E-state index is 5.22. The Balaban J connectivity index is 1.01. The summed E-state index contributed by atoms with van der Waals surface area (Å²) in [6.45, 7) is 9.40. The van der Waals surface area contributed by atoms with Gasteiger partial charge in [0.1, 0.15) is 0 Å². The fourth-order valence-corrected chi connectivity index (χ4v) is 9.83. The summed E-state index contributed by atoms with van der Waals surface area (Å²) in [6.07, 6.45) is 0. The first-order chi connectivity index (χ1) is 28.3. The maximum Gasteiger partial charge on any atom is 0.160 e. The quantitative estimate of drug-likeness (QED) is 0.175. The van der Waals surface area contributed by atoms with E-state index < -0.39 is 0 Å². The molecule has 0 saturated heterocycles. The molecular weight excluding hydrogens is 701 g/mol. The number of fused-ring (bicyclic) bond motifs is 7. The Morgan fingerprint density at radius 2 is 0.810 bits per heavy atom. The number of nitrogens with zero attached hydrogens (tertiary/aromatic N) is 2. The van der Waals surface area contributed by atoms with Gasteiger partial charge in [-0.3, -0.25) is 0 Å². The second-order valence-electron chi connectivity index (χ2n) is 17.0. The van der Waals surface area contributed by atoms with Gasteiger partial charge in [0.2, 0.25) is 0 Å². The molecular formula is C56H42N2. The second kappa shape index (κ2) is 12.8. The lowest BCUT2D eigenvalue weighted by molar-refractivity contribution is 0.660. The summed E-state index contributed by atoms with van der Waals surface area (Å²) >= 11 is 0. The summed E-state index contributed by atoms with van der Waals surface area (Å²) in [4.78, 5) is 10.4. The van der Waals surface area contributed by atoms with E-state index in [0.717, 1.165) is 28.1 Å². The van der Waals surface area contributed by atoms with Gasteiger partial charge >= 0.3 is 0 Å². The van der Waals surface area contributed by atoms with E-state index in [-0.39, 0.29) is 10.8 Å². The third-order valence-corrected chi connectivity index (χ3v) is 12.9. The first-order valence-corrected chi connectivity index (χ1v) is 20.3. The summed E-state index contributed by atoms with van der Waals surface area (Å²) in [5.41, 5.74) is 20.5. The van der Waals surface area contributed by atoms with Crippen LogP contribution in [0.15, 0.2) is 182 Å². The van der Waals surface area contributed by atoms with E-state index in [2.05, 4.69) is 204 Å². The third kappa shape index (κ3) is 5.25. The number of aromatic nitrogens is 2. The molecule has 0 N–H and O–H groups in total. The fraction of sp³-hybridized carbons (Fsp3) is 0.107. The Kier molecular flexibility index (Phi) is 7.59. The zero-order chi connectivity index (χ0) is 39.2. The lowest BCUT2D eigenvalue weighted by Crippen LogP contribution is -2.14. The Hall–Kier alpha value is -6.90. The molecule has 1 heterocycles. The molecule has 0 spiro atoms. The van der Waals surface area contributed by atoms with Crippen LogP contribution in [-0.2, 0) is 10.8 Å². The van der Waals surface area contributed by atoms with E-state index in [9.17, 15) is 0 Å². The van der Waals surface area contributed by atoms with Crippen molar-refractivity contribution in [2.24, 2.45) is 0 Å². The van der Waals surface area contributed by atoms with Crippen LogP contribution in [0.3, 0.4) is 0 Å². The van der Waals surface area contributed by atoms with E-state index in [0.29, 0.717) is 5.82 Å². The molecule has 0 aliphatic heterocycles.